The number of ether oxygens (including phenoxy) is 3. The Kier molecular flexibility index (Phi) is 42.3. The molecule has 0 aromatic rings. The highest BCUT2D eigenvalue weighted by atomic mass is 16.6. The molecule has 354 valence electrons. The van der Waals surface area contributed by atoms with Crippen molar-refractivity contribution < 1.29 is 38.2 Å². The maximum Gasteiger partial charge on any atom is 0.306 e. The molecule has 0 rings (SSSR count). The zero-order valence-corrected chi connectivity index (χ0v) is 40.4. The lowest BCUT2D eigenvalue weighted by Gasteiger charge is -2.34. The van der Waals surface area contributed by atoms with Crippen molar-refractivity contribution in [3.05, 3.63) is 12.2 Å². The van der Waals surface area contributed by atoms with Crippen molar-refractivity contribution in [2.24, 2.45) is 0 Å². The van der Waals surface area contributed by atoms with E-state index in [4.69, 9.17) is 14.2 Å². The summed E-state index contributed by atoms with van der Waals surface area (Å²) in [6, 6.07) is -0.723. The standard InChI is InChI=1S/C52H99NO7/c1-6-8-10-12-14-16-18-20-22-24-25-27-29-31-33-35-37-39-41-43-51(55)60-48(46-58-45-44-49(52(56)57)53(3,4)5)47-59-50(54)42-40-38-36-34-32-30-28-26-23-21-19-17-15-13-11-9-7-2/h24-25,48-49H,6-23,26-47H2,1-5H3/b25-24+. The van der Waals surface area contributed by atoms with E-state index >= 15 is 0 Å². The molecule has 0 aliphatic heterocycles. The van der Waals surface area contributed by atoms with Crippen LogP contribution in [0.15, 0.2) is 12.2 Å². The number of hydrogen-bond donors (Lipinski definition) is 0. The summed E-state index contributed by atoms with van der Waals surface area (Å²) < 4.78 is 17.3. The number of aliphatic carboxylic acids is 1. The fraction of sp³-hybridized carbons (Fsp3) is 0.904. The van der Waals surface area contributed by atoms with Crippen LogP contribution in [0.4, 0.5) is 0 Å². The number of carboxylic acids is 1. The molecular weight excluding hydrogens is 751 g/mol. The Balaban J connectivity index is 4.22. The molecule has 0 aromatic carbocycles. The van der Waals surface area contributed by atoms with Gasteiger partial charge in [0.05, 0.1) is 40.3 Å². The summed E-state index contributed by atoms with van der Waals surface area (Å²) >= 11 is 0. The van der Waals surface area contributed by atoms with Gasteiger partial charge in [-0.05, 0) is 38.5 Å². The largest absolute Gasteiger partial charge is 0.544 e. The minimum Gasteiger partial charge on any atom is -0.544 e. The Bertz CT molecular complexity index is 993. The minimum atomic E-state index is -1.12. The molecule has 0 aliphatic rings. The van der Waals surface area contributed by atoms with Gasteiger partial charge in [0.1, 0.15) is 12.6 Å². The van der Waals surface area contributed by atoms with Crippen molar-refractivity contribution >= 4 is 17.9 Å². The highest BCUT2D eigenvalue weighted by Gasteiger charge is 2.25. The molecule has 0 saturated carbocycles. The highest BCUT2D eigenvalue weighted by Crippen LogP contribution is 2.16. The lowest BCUT2D eigenvalue weighted by atomic mass is 10.0. The summed E-state index contributed by atoms with van der Waals surface area (Å²) in [4.78, 5) is 37.0. The molecule has 8 heteroatoms. The lowest BCUT2D eigenvalue weighted by Crippen LogP contribution is -2.55. The number of rotatable bonds is 47. The number of carbonyl (C=O) groups is 3. The van der Waals surface area contributed by atoms with Gasteiger partial charge in [-0.2, -0.15) is 0 Å². The number of carbonyl (C=O) groups excluding carboxylic acids is 3. The zero-order chi connectivity index (χ0) is 44.2. The summed E-state index contributed by atoms with van der Waals surface area (Å²) in [5.41, 5.74) is 0. The quantitative estimate of drug-likeness (QED) is 0.0260. The van der Waals surface area contributed by atoms with Crippen LogP contribution in [0.2, 0.25) is 0 Å². The first-order valence-electron chi connectivity index (χ1n) is 25.7. The molecule has 8 nitrogen and oxygen atoms in total. The Hall–Kier alpha value is -1.93. The first-order chi connectivity index (χ1) is 29.1. The molecule has 2 atom stereocenters. The number of esters is 2. The lowest BCUT2D eigenvalue weighted by molar-refractivity contribution is -0.889. The van der Waals surface area contributed by atoms with Crippen LogP contribution in [0.1, 0.15) is 251 Å². The fourth-order valence-corrected chi connectivity index (χ4v) is 7.89. The highest BCUT2D eigenvalue weighted by molar-refractivity contribution is 5.70. The number of hydrogen-bond acceptors (Lipinski definition) is 7. The van der Waals surface area contributed by atoms with E-state index in [-0.39, 0.29) is 42.7 Å². The molecule has 0 amide bonds. The van der Waals surface area contributed by atoms with Gasteiger partial charge in [0.2, 0.25) is 0 Å². The molecule has 0 bridgehead atoms. The monoisotopic (exact) mass is 850 g/mol. The average molecular weight is 850 g/mol. The second-order valence-electron chi connectivity index (χ2n) is 18.8. The Labute approximate surface area is 371 Å². The Morgan fingerprint density at radius 2 is 0.833 bits per heavy atom. The molecule has 0 fully saturated rings. The van der Waals surface area contributed by atoms with Gasteiger partial charge >= 0.3 is 11.9 Å². The number of carboxylic acid groups (broad SMARTS) is 1. The Morgan fingerprint density at radius 3 is 1.20 bits per heavy atom. The molecule has 2 unspecified atom stereocenters. The minimum absolute atomic E-state index is 0.0451. The van der Waals surface area contributed by atoms with Crippen molar-refractivity contribution in [3.8, 4) is 0 Å². The molecule has 0 spiro atoms. The van der Waals surface area contributed by atoms with E-state index in [1.54, 1.807) is 0 Å². The predicted octanol–water partition coefficient (Wildman–Crippen LogP) is 13.3. The zero-order valence-electron chi connectivity index (χ0n) is 40.4. The van der Waals surface area contributed by atoms with Crippen LogP contribution in [0.25, 0.3) is 0 Å². The first-order valence-corrected chi connectivity index (χ1v) is 25.7. The van der Waals surface area contributed by atoms with Crippen molar-refractivity contribution in [1.29, 1.82) is 0 Å². The molecule has 0 radical (unpaired) electrons. The molecule has 0 aromatic heterocycles. The summed E-state index contributed by atoms with van der Waals surface area (Å²) in [6.07, 6.45) is 48.1. The van der Waals surface area contributed by atoms with Gasteiger partial charge in [-0.1, -0.05) is 206 Å². The average Bonchev–Trinajstić information content (AvgIpc) is 3.21. The van der Waals surface area contributed by atoms with Gasteiger partial charge in [-0.3, -0.25) is 9.59 Å². The number of nitrogens with zero attached hydrogens (tertiary/aromatic N) is 1. The summed E-state index contributed by atoms with van der Waals surface area (Å²) in [6.45, 7) is 4.70. The summed E-state index contributed by atoms with van der Waals surface area (Å²) in [7, 11) is 5.42. The topological polar surface area (TPSA) is 102 Å². The van der Waals surface area contributed by atoms with Gasteiger partial charge in [0.15, 0.2) is 6.10 Å². The second-order valence-corrected chi connectivity index (χ2v) is 18.8. The van der Waals surface area contributed by atoms with E-state index in [0.717, 1.165) is 38.5 Å². The molecule has 60 heavy (non-hydrogen) atoms. The van der Waals surface area contributed by atoms with Crippen LogP contribution in [0.3, 0.4) is 0 Å². The molecule has 0 N–H and O–H groups in total. The van der Waals surface area contributed by atoms with E-state index in [0.29, 0.717) is 12.8 Å². The smallest absolute Gasteiger partial charge is 0.306 e. The van der Waals surface area contributed by atoms with Crippen LogP contribution < -0.4 is 5.11 Å². The van der Waals surface area contributed by atoms with E-state index in [1.807, 2.05) is 21.1 Å². The van der Waals surface area contributed by atoms with Crippen molar-refractivity contribution in [1.82, 2.24) is 0 Å². The molecule has 0 heterocycles. The van der Waals surface area contributed by atoms with Gasteiger partial charge in [0.25, 0.3) is 0 Å². The van der Waals surface area contributed by atoms with Crippen LogP contribution in [0, 0.1) is 0 Å². The summed E-state index contributed by atoms with van der Waals surface area (Å²) in [5.74, 6) is -1.72. The number of allylic oxidation sites excluding steroid dienone is 2. The van der Waals surface area contributed by atoms with Crippen molar-refractivity contribution in [2.75, 3.05) is 41.0 Å². The third-order valence-electron chi connectivity index (χ3n) is 11.9. The summed E-state index contributed by atoms with van der Waals surface area (Å²) in [5, 5.41) is 11.7. The van der Waals surface area contributed by atoms with Crippen molar-refractivity contribution in [3.63, 3.8) is 0 Å². The van der Waals surface area contributed by atoms with Gasteiger partial charge in [-0.25, -0.2) is 0 Å². The van der Waals surface area contributed by atoms with E-state index in [2.05, 4.69) is 26.0 Å². The van der Waals surface area contributed by atoms with Crippen LogP contribution >= 0.6 is 0 Å². The number of quaternary nitrogens is 1. The normalized spacial score (nSPS) is 12.9. The van der Waals surface area contributed by atoms with E-state index in [1.165, 1.54) is 180 Å². The van der Waals surface area contributed by atoms with E-state index < -0.39 is 18.1 Å². The van der Waals surface area contributed by atoms with Crippen molar-refractivity contribution in [2.45, 2.75) is 264 Å². The molecular formula is C52H99NO7. The van der Waals surface area contributed by atoms with Crippen LogP contribution in [0.5, 0.6) is 0 Å². The maximum absolute atomic E-state index is 12.8. The number of unbranched alkanes of at least 4 members (excludes halogenated alkanes) is 31. The number of likely N-dealkylation sites (N-methyl/N-ethyl adjacent to an activating group) is 1. The SMILES string of the molecule is CCCCCCCCCC/C=C/CCCCCCCCCC(=O)OC(COCCC(C(=O)[O-])[N+](C)(C)C)COC(=O)CCCCCCCCCCCCCCCCCCC. The van der Waals surface area contributed by atoms with Gasteiger partial charge in [-0.15, -0.1) is 0 Å². The van der Waals surface area contributed by atoms with Crippen LogP contribution in [-0.4, -0.2) is 75.5 Å². The first kappa shape index (κ1) is 58.1. The predicted molar refractivity (Wildman–Crippen MR) is 250 cm³/mol. The van der Waals surface area contributed by atoms with Gasteiger partial charge < -0.3 is 28.6 Å². The van der Waals surface area contributed by atoms with Gasteiger partial charge in [0, 0.05) is 19.3 Å². The van der Waals surface area contributed by atoms with Crippen LogP contribution in [-0.2, 0) is 28.6 Å². The molecule has 0 saturated heterocycles. The van der Waals surface area contributed by atoms with E-state index in [9.17, 15) is 19.5 Å². The Morgan fingerprint density at radius 1 is 0.483 bits per heavy atom. The molecule has 0 aliphatic carbocycles. The fourth-order valence-electron chi connectivity index (χ4n) is 7.89. The maximum atomic E-state index is 12.8. The second kappa shape index (κ2) is 43.7. The third kappa shape index (κ3) is 41.4. The third-order valence-corrected chi connectivity index (χ3v) is 11.9.